The topological polar surface area (TPSA) is 46.3 Å². The Kier molecular flexibility index (Phi) is 4.40. The fourth-order valence-electron chi connectivity index (χ4n) is 2.79. The molecule has 2 N–H and O–H groups in total. The van der Waals surface area contributed by atoms with Crippen LogP contribution in [0.1, 0.15) is 41.9 Å². The monoisotopic (exact) mass is 266 g/mol. The second-order valence-corrected chi connectivity index (χ2v) is 5.97. The summed E-state index contributed by atoms with van der Waals surface area (Å²) in [5.41, 5.74) is 7.02. The average molecular weight is 266 g/mol. The Morgan fingerprint density at radius 1 is 1.61 bits per heavy atom. The van der Waals surface area contributed by atoms with Gasteiger partial charge in [-0.15, -0.1) is 11.3 Å². The number of likely N-dealkylation sites (tertiary alicyclic amines) is 1. The van der Waals surface area contributed by atoms with Gasteiger partial charge in [-0.2, -0.15) is 0 Å². The van der Waals surface area contributed by atoms with Crippen LogP contribution < -0.4 is 5.73 Å². The molecule has 0 spiro atoms. The molecule has 2 heterocycles. The summed E-state index contributed by atoms with van der Waals surface area (Å²) in [6, 6.07) is 2.26. The fraction of sp³-hybridized carbons (Fsp3) is 0.643. The lowest BCUT2D eigenvalue weighted by molar-refractivity contribution is 0.0536. The second kappa shape index (κ2) is 5.85. The summed E-state index contributed by atoms with van der Waals surface area (Å²) < 4.78 is 0. The van der Waals surface area contributed by atoms with E-state index in [0.717, 1.165) is 24.3 Å². The smallest absolute Gasteiger partial charge is 0.264 e. The molecule has 3 nitrogen and oxygen atoms in total. The van der Waals surface area contributed by atoms with Crippen molar-refractivity contribution in [3.63, 3.8) is 0 Å². The van der Waals surface area contributed by atoms with Crippen LogP contribution in [0.2, 0.25) is 0 Å². The highest BCUT2D eigenvalue weighted by atomic mass is 32.1. The fourth-order valence-corrected chi connectivity index (χ4v) is 3.74. The van der Waals surface area contributed by atoms with Crippen LogP contribution in [0, 0.1) is 5.92 Å². The Balaban J connectivity index is 2.21. The van der Waals surface area contributed by atoms with E-state index in [1.165, 1.54) is 12.0 Å². The van der Waals surface area contributed by atoms with Gasteiger partial charge in [0.2, 0.25) is 0 Å². The van der Waals surface area contributed by atoms with Crippen molar-refractivity contribution < 1.29 is 4.79 Å². The van der Waals surface area contributed by atoms with E-state index in [-0.39, 0.29) is 11.9 Å². The van der Waals surface area contributed by atoms with E-state index in [4.69, 9.17) is 5.73 Å². The minimum atomic E-state index is 0.184. The van der Waals surface area contributed by atoms with Gasteiger partial charge in [-0.3, -0.25) is 4.79 Å². The van der Waals surface area contributed by atoms with Crippen LogP contribution in [0.5, 0.6) is 0 Å². The predicted octanol–water partition coefficient (Wildman–Crippen LogP) is 2.51. The van der Waals surface area contributed by atoms with Crippen molar-refractivity contribution >= 4 is 17.2 Å². The van der Waals surface area contributed by atoms with Crippen LogP contribution in [0.4, 0.5) is 0 Å². The Bertz CT molecular complexity index is 416. The lowest BCUT2D eigenvalue weighted by atomic mass is 9.90. The molecule has 1 aliphatic heterocycles. The molecular weight excluding hydrogens is 244 g/mol. The molecule has 2 unspecified atom stereocenters. The largest absolute Gasteiger partial charge is 0.333 e. The molecular formula is C14H22N2OS. The minimum Gasteiger partial charge on any atom is -0.333 e. The lowest BCUT2D eigenvalue weighted by Crippen LogP contribution is -2.51. The molecule has 1 amide bonds. The van der Waals surface area contributed by atoms with Gasteiger partial charge < -0.3 is 10.6 Å². The molecule has 2 rings (SSSR count). The molecule has 100 valence electrons. The van der Waals surface area contributed by atoms with Gasteiger partial charge in [0.15, 0.2) is 0 Å². The maximum absolute atomic E-state index is 12.6. The Morgan fingerprint density at radius 2 is 2.39 bits per heavy atom. The minimum absolute atomic E-state index is 0.184. The zero-order valence-corrected chi connectivity index (χ0v) is 12.0. The third-order valence-electron chi connectivity index (χ3n) is 3.94. The SMILES string of the molecule is CCc1ccsc1C(=O)N1CCCC(C)C1CN. The van der Waals surface area contributed by atoms with Gasteiger partial charge in [-0.25, -0.2) is 0 Å². The van der Waals surface area contributed by atoms with Crippen LogP contribution in [0.15, 0.2) is 11.4 Å². The van der Waals surface area contributed by atoms with Crippen LogP contribution in [-0.4, -0.2) is 29.9 Å². The number of hydrogen-bond donors (Lipinski definition) is 1. The van der Waals surface area contributed by atoms with E-state index in [0.29, 0.717) is 12.5 Å². The molecule has 0 bridgehead atoms. The molecule has 0 aromatic carbocycles. The van der Waals surface area contributed by atoms with Crippen molar-refractivity contribution in [1.82, 2.24) is 4.90 Å². The molecule has 1 aromatic heterocycles. The van der Waals surface area contributed by atoms with Crippen molar-refractivity contribution in [3.8, 4) is 0 Å². The van der Waals surface area contributed by atoms with Crippen molar-refractivity contribution in [2.75, 3.05) is 13.1 Å². The van der Waals surface area contributed by atoms with E-state index in [2.05, 4.69) is 19.9 Å². The number of aryl methyl sites for hydroxylation is 1. The summed E-state index contributed by atoms with van der Waals surface area (Å²) in [6.07, 6.45) is 3.19. The van der Waals surface area contributed by atoms with Gasteiger partial charge in [-0.05, 0) is 42.2 Å². The molecule has 2 atom stereocenters. The van der Waals surface area contributed by atoms with E-state index < -0.39 is 0 Å². The zero-order valence-electron chi connectivity index (χ0n) is 11.2. The first-order valence-corrected chi connectivity index (χ1v) is 7.64. The highest BCUT2D eigenvalue weighted by Gasteiger charge is 2.32. The molecule has 1 saturated heterocycles. The van der Waals surface area contributed by atoms with E-state index >= 15 is 0 Å². The van der Waals surface area contributed by atoms with E-state index in [1.807, 2.05) is 10.3 Å². The van der Waals surface area contributed by atoms with Crippen LogP contribution in [-0.2, 0) is 6.42 Å². The molecule has 1 aliphatic rings. The third-order valence-corrected chi connectivity index (χ3v) is 4.88. The van der Waals surface area contributed by atoms with Gasteiger partial charge >= 0.3 is 0 Å². The van der Waals surface area contributed by atoms with Gasteiger partial charge in [0.1, 0.15) is 0 Å². The molecule has 4 heteroatoms. The Labute approximate surface area is 113 Å². The first-order chi connectivity index (χ1) is 8.69. The van der Waals surface area contributed by atoms with Crippen LogP contribution in [0.3, 0.4) is 0 Å². The highest BCUT2D eigenvalue weighted by Crippen LogP contribution is 2.27. The summed E-state index contributed by atoms with van der Waals surface area (Å²) in [5, 5.41) is 2.01. The van der Waals surface area contributed by atoms with Crippen molar-refractivity contribution in [2.24, 2.45) is 11.7 Å². The summed E-state index contributed by atoms with van der Waals surface area (Å²) in [4.78, 5) is 15.5. The van der Waals surface area contributed by atoms with Crippen LogP contribution in [0.25, 0.3) is 0 Å². The average Bonchev–Trinajstić information content (AvgIpc) is 2.85. The first-order valence-electron chi connectivity index (χ1n) is 6.76. The molecule has 0 saturated carbocycles. The van der Waals surface area contributed by atoms with Crippen molar-refractivity contribution in [2.45, 2.75) is 39.2 Å². The third kappa shape index (κ3) is 2.45. The summed E-state index contributed by atoms with van der Waals surface area (Å²) in [7, 11) is 0. The number of piperidine rings is 1. The maximum Gasteiger partial charge on any atom is 0.264 e. The molecule has 1 aromatic rings. The Morgan fingerprint density at radius 3 is 3.06 bits per heavy atom. The van der Waals surface area contributed by atoms with Gasteiger partial charge in [0, 0.05) is 19.1 Å². The number of nitrogens with zero attached hydrogens (tertiary/aromatic N) is 1. The summed E-state index contributed by atoms with van der Waals surface area (Å²) in [5.74, 6) is 0.696. The molecule has 0 radical (unpaired) electrons. The number of carbonyl (C=O) groups excluding carboxylic acids is 1. The predicted molar refractivity (Wildman–Crippen MR) is 76.0 cm³/mol. The zero-order chi connectivity index (χ0) is 13.1. The van der Waals surface area contributed by atoms with Gasteiger partial charge in [-0.1, -0.05) is 13.8 Å². The lowest BCUT2D eigenvalue weighted by Gasteiger charge is -2.39. The maximum atomic E-state index is 12.6. The molecule has 0 aliphatic carbocycles. The molecule has 18 heavy (non-hydrogen) atoms. The summed E-state index contributed by atoms with van der Waals surface area (Å²) in [6.45, 7) is 5.72. The quantitative estimate of drug-likeness (QED) is 0.913. The van der Waals surface area contributed by atoms with Gasteiger partial charge in [0.05, 0.1) is 4.88 Å². The number of rotatable bonds is 3. The van der Waals surface area contributed by atoms with E-state index in [1.54, 1.807) is 11.3 Å². The highest BCUT2D eigenvalue weighted by molar-refractivity contribution is 7.12. The number of amides is 1. The molecule has 1 fully saturated rings. The van der Waals surface area contributed by atoms with Crippen LogP contribution >= 0.6 is 11.3 Å². The Hall–Kier alpha value is -0.870. The van der Waals surface area contributed by atoms with Crippen molar-refractivity contribution in [1.29, 1.82) is 0 Å². The standard InChI is InChI=1S/C14H22N2OS/c1-3-11-6-8-18-13(11)14(17)16-7-4-5-10(2)12(16)9-15/h6,8,10,12H,3-5,7,9,15H2,1-2H3. The summed E-state index contributed by atoms with van der Waals surface area (Å²) >= 11 is 1.56. The number of carbonyl (C=O) groups is 1. The number of hydrogen-bond acceptors (Lipinski definition) is 3. The first kappa shape index (κ1) is 13.6. The number of nitrogens with two attached hydrogens (primary N) is 1. The number of thiophene rings is 1. The van der Waals surface area contributed by atoms with Gasteiger partial charge in [0.25, 0.3) is 5.91 Å². The van der Waals surface area contributed by atoms with E-state index in [9.17, 15) is 4.79 Å². The normalized spacial score (nSPS) is 24.3. The van der Waals surface area contributed by atoms with Crippen molar-refractivity contribution in [3.05, 3.63) is 21.9 Å². The second-order valence-electron chi connectivity index (χ2n) is 5.05.